The van der Waals surface area contributed by atoms with Crippen molar-refractivity contribution in [2.75, 3.05) is 39.9 Å². The monoisotopic (exact) mass is 438 g/mol. The Morgan fingerprint density at radius 3 is 2.90 bits per heavy atom. The Balaban J connectivity index is 1.58. The molecule has 8 heteroatoms. The molecular formula is C22H35ClN4O3. The summed E-state index contributed by atoms with van der Waals surface area (Å²) in [5.41, 5.74) is 2.06. The van der Waals surface area contributed by atoms with Gasteiger partial charge >= 0.3 is 0 Å². The Labute approximate surface area is 184 Å². The van der Waals surface area contributed by atoms with Gasteiger partial charge in [0.25, 0.3) is 0 Å². The first-order chi connectivity index (χ1) is 14.5. The second-order valence-electron chi connectivity index (χ2n) is 8.44. The zero-order valence-corrected chi connectivity index (χ0v) is 19.0. The summed E-state index contributed by atoms with van der Waals surface area (Å²) in [6, 6.07) is 1.96. The molecule has 0 radical (unpaired) electrons. The molecule has 0 amide bonds. The lowest BCUT2D eigenvalue weighted by molar-refractivity contribution is -0.0278. The lowest BCUT2D eigenvalue weighted by Gasteiger charge is -2.36. The van der Waals surface area contributed by atoms with Gasteiger partial charge in [0.05, 0.1) is 7.11 Å². The number of nitrogens with one attached hydrogen (secondary N) is 1. The van der Waals surface area contributed by atoms with Crippen molar-refractivity contribution in [1.82, 2.24) is 15.2 Å². The summed E-state index contributed by atoms with van der Waals surface area (Å²) in [6.07, 6.45) is 8.10. The molecule has 168 valence electrons. The van der Waals surface area contributed by atoms with Gasteiger partial charge < -0.3 is 20.0 Å². The Morgan fingerprint density at radius 1 is 1.40 bits per heavy atom. The molecule has 1 aromatic rings. The van der Waals surface area contributed by atoms with Crippen LogP contribution in [0.2, 0.25) is 0 Å². The third kappa shape index (κ3) is 6.06. The zero-order chi connectivity index (χ0) is 21.4. The maximum Gasteiger partial charge on any atom is 0.213 e. The van der Waals surface area contributed by atoms with Crippen LogP contribution < -0.4 is 10.1 Å². The van der Waals surface area contributed by atoms with Gasteiger partial charge in [-0.3, -0.25) is 4.90 Å². The van der Waals surface area contributed by atoms with E-state index in [1.807, 2.05) is 12.3 Å². The van der Waals surface area contributed by atoms with Crippen LogP contribution in [0.15, 0.2) is 17.4 Å². The molecule has 1 unspecified atom stereocenters. The number of likely N-dealkylation sites (tertiary alicyclic amines) is 1. The Hall–Kier alpha value is -1.41. The van der Waals surface area contributed by atoms with Crippen LogP contribution in [0.5, 0.6) is 5.88 Å². The minimum absolute atomic E-state index is 0.239. The number of piperidine rings is 2. The first kappa shape index (κ1) is 23.3. The summed E-state index contributed by atoms with van der Waals surface area (Å²) in [6.45, 7) is 6.15. The van der Waals surface area contributed by atoms with Crippen LogP contribution in [-0.2, 0) is 11.3 Å². The van der Waals surface area contributed by atoms with Gasteiger partial charge in [0.15, 0.2) is 5.17 Å². The normalized spacial score (nSPS) is 22.7. The quantitative estimate of drug-likeness (QED) is 0.350. The van der Waals surface area contributed by atoms with Crippen LogP contribution in [0.3, 0.4) is 0 Å². The molecule has 2 aliphatic rings. The van der Waals surface area contributed by atoms with Gasteiger partial charge in [-0.1, -0.05) is 16.8 Å². The second-order valence-corrected chi connectivity index (χ2v) is 8.80. The number of aryl methyl sites for hydroxylation is 1. The molecule has 30 heavy (non-hydrogen) atoms. The highest BCUT2D eigenvalue weighted by Crippen LogP contribution is 2.37. The van der Waals surface area contributed by atoms with Crippen molar-refractivity contribution < 1.29 is 14.7 Å². The summed E-state index contributed by atoms with van der Waals surface area (Å²) in [7, 11) is 1.63. The molecule has 2 N–H and O–H groups in total. The van der Waals surface area contributed by atoms with E-state index < -0.39 is 0 Å². The Morgan fingerprint density at radius 2 is 2.20 bits per heavy atom. The average Bonchev–Trinajstić information content (AvgIpc) is 2.76. The minimum atomic E-state index is -0.315. The predicted molar refractivity (Wildman–Crippen MR) is 119 cm³/mol. The molecule has 0 bridgehead atoms. The third-order valence-electron chi connectivity index (χ3n) is 6.34. The molecule has 1 atom stereocenters. The van der Waals surface area contributed by atoms with Crippen molar-refractivity contribution in [1.29, 1.82) is 0 Å². The largest absolute Gasteiger partial charge is 0.481 e. The molecule has 3 heterocycles. The molecule has 2 fully saturated rings. The standard InChI is InChI=1S/C22H35ClN4O3/c1-17-14-19(29-2)25-16-18(17)15-22(7-9-24-10-8-22)21(23)26-30-13-5-12-27-11-4-3-6-20(27)28/h14,16,20,24,28H,3-13,15H2,1-2H3. The number of halogens is 1. The Bertz CT molecular complexity index is 710. The maximum atomic E-state index is 10.0. The lowest BCUT2D eigenvalue weighted by atomic mass is 9.74. The van der Waals surface area contributed by atoms with E-state index in [1.54, 1.807) is 7.11 Å². The van der Waals surface area contributed by atoms with E-state index in [-0.39, 0.29) is 11.6 Å². The number of pyridine rings is 1. The number of hydrogen-bond acceptors (Lipinski definition) is 7. The topological polar surface area (TPSA) is 79.2 Å². The number of hydrogen-bond donors (Lipinski definition) is 2. The highest BCUT2D eigenvalue weighted by Gasteiger charge is 2.38. The van der Waals surface area contributed by atoms with Crippen LogP contribution in [0.25, 0.3) is 0 Å². The van der Waals surface area contributed by atoms with Gasteiger partial charge in [0, 0.05) is 30.8 Å². The van der Waals surface area contributed by atoms with E-state index in [9.17, 15) is 5.11 Å². The number of methoxy groups -OCH3 is 1. The van der Waals surface area contributed by atoms with E-state index in [4.69, 9.17) is 21.2 Å². The second kappa shape index (κ2) is 11.3. The highest BCUT2D eigenvalue weighted by molar-refractivity contribution is 6.66. The van der Waals surface area contributed by atoms with E-state index in [2.05, 4.69) is 27.3 Å². The van der Waals surface area contributed by atoms with Crippen molar-refractivity contribution in [3.05, 3.63) is 23.4 Å². The average molecular weight is 439 g/mol. The van der Waals surface area contributed by atoms with Gasteiger partial charge in [-0.25, -0.2) is 4.98 Å². The highest BCUT2D eigenvalue weighted by atomic mass is 35.5. The number of rotatable bonds is 9. The number of nitrogens with zero attached hydrogens (tertiary/aromatic N) is 3. The maximum absolute atomic E-state index is 10.0. The van der Waals surface area contributed by atoms with Crippen molar-refractivity contribution >= 4 is 16.8 Å². The number of oxime groups is 1. The van der Waals surface area contributed by atoms with Crippen LogP contribution in [0.1, 0.15) is 49.7 Å². The van der Waals surface area contributed by atoms with E-state index in [0.29, 0.717) is 17.7 Å². The van der Waals surface area contributed by atoms with Crippen molar-refractivity contribution in [2.45, 2.75) is 58.1 Å². The summed E-state index contributed by atoms with van der Waals surface area (Å²) in [5, 5.41) is 18.3. The van der Waals surface area contributed by atoms with E-state index in [0.717, 1.165) is 82.3 Å². The molecule has 1 aromatic heterocycles. The first-order valence-corrected chi connectivity index (χ1v) is 11.4. The molecule has 2 saturated heterocycles. The van der Waals surface area contributed by atoms with Gasteiger partial charge in [0.1, 0.15) is 12.8 Å². The van der Waals surface area contributed by atoms with E-state index >= 15 is 0 Å². The number of ether oxygens (including phenoxy) is 1. The fourth-order valence-corrected chi connectivity index (χ4v) is 4.65. The smallest absolute Gasteiger partial charge is 0.213 e. The van der Waals surface area contributed by atoms with Crippen LogP contribution in [0, 0.1) is 12.3 Å². The number of aliphatic hydroxyl groups excluding tert-OH is 1. The van der Waals surface area contributed by atoms with Gasteiger partial charge in [-0.05, 0) is 76.1 Å². The summed E-state index contributed by atoms with van der Waals surface area (Å²) in [5.74, 6) is 0.623. The third-order valence-corrected chi connectivity index (χ3v) is 6.81. The number of aliphatic hydroxyl groups is 1. The Kier molecular flexibility index (Phi) is 8.74. The van der Waals surface area contributed by atoms with Crippen molar-refractivity contribution in [3.8, 4) is 5.88 Å². The molecule has 2 aliphatic heterocycles. The van der Waals surface area contributed by atoms with Gasteiger partial charge in [-0.15, -0.1) is 0 Å². The van der Waals surface area contributed by atoms with Crippen LogP contribution in [-0.4, -0.2) is 66.3 Å². The molecule has 0 saturated carbocycles. The SMILES string of the molecule is COc1cc(C)c(CC2(C(Cl)=NOCCCN3CCCCC3O)CCNCC2)cn1. The van der Waals surface area contributed by atoms with E-state index in [1.165, 1.54) is 0 Å². The zero-order valence-electron chi connectivity index (χ0n) is 18.2. The summed E-state index contributed by atoms with van der Waals surface area (Å²) < 4.78 is 5.23. The fourth-order valence-electron chi connectivity index (χ4n) is 4.35. The van der Waals surface area contributed by atoms with Crippen LogP contribution >= 0.6 is 11.6 Å². The van der Waals surface area contributed by atoms with Gasteiger partial charge in [0.2, 0.25) is 5.88 Å². The minimum Gasteiger partial charge on any atom is -0.481 e. The lowest BCUT2D eigenvalue weighted by Crippen LogP contribution is -2.42. The first-order valence-electron chi connectivity index (χ1n) is 11.0. The molecule has 0 aromatic carbocycles. The molecule has 3 rings (SSSR count). The summed E-state index contributed by atoms with van der Waals surface area (Å²) in [4.78, 5) is 12.1. The van der Waals surface area contributed by atoms with Gasteiger partial charge in [-0.2, -0.15) is 0 Å². The van der Waals surface area contributed by atoms with Crippen molar-refractivity contribution in [3.63, 3.8) is 0 Å². The molecule has 0 aliphatic carbocycles. The molecule has 7 nitrogen and oxygen atoms in total. The summed E-state index contributed by atoms with van der Waals surface area (Å²) >= 11 is 6.73. The van der Waals surface area contributed by atoms with Crippen molar-refractivity contribution in [2.24, 2.45) is 10.6 Å². The predicted octanol–water partition coefficient (Wildman–Crippen LogP) is 3.07. The molecule has 0 spiro atoms. The molecular weight excluding hydrogens is 404 g/mol. The number of aromatic nitrogens is 1. The van der Waals surface area contributed by atoms with Crippen LogP contribution in [0.4, 0.5) is 0 Å². The fraction of sp³-hybridized carbons (Fsp3) is 0.727.